The maximum atomic E-state index is 13.8. The van der Waals surface area contributed by atoms with Gasteiger partial charge in [-0.3, -0.25) is 14.5 Å². The molecule has 2 amide bonds. The summed E-state index contributed by atoms with van der Waals surface area (Å²) in [4.78, 5) is 51.6. The molecule has 1 saturated carbocycles. The number of likely N-dealkylation sites (tertiary alicyclic amines) is 1. The Hall–Kier alpha value is -3.28. The lowest BCUT2D eigenvalue weighted by atomic mass is 9.64. The summed E-state index contributed by atoms with van der Waals surface area (Å²) in [6.07, 6.45) is 1.45. The highest BCUT2D eigenvalue weighted by molar-refractivity contribution is 9.09. The summed E-state index contributed by atoms with van der Waals surface area (Å²) in [5, 5.41) is 11.0. The van der Waals surface area contributed by atoms with Gasteiger partial charge in [-0.2, -0.15) is 0 Å². The van der Waals surface area contributed by atoms with E-state index in [0.717, 1.165) is 9.47 Å². The molecule has 1 N–H and O–H groups in total. The van der Waals surface area contributed by atoms with Crippen molar-refractivity contribution in [2.45, 2.75) is 34.7 Å². The maximum absolute atomic E-state index is 13.8. The third-order valence-corrected chi connectivity index (χ3v) is 9.76. The third kappa shape index (κ3) is 3.20. The fraction of sp³-hybridized carbons (Fsp3) is 0.308. The number of methoxy groups -OCH3 is 1. The Bertz CT molecular complexity index is 1700. The minimum Gasteiger partial charge on any atom is -0.508 e. The van der Waals surface area contributed by atoms with Crippen LogP contribution in [0.15, 0.2) is 69.8 Å². The molecule has 3 aromatic rings. The van der Waals surface area contributed by atoms with Crippen LogP contribution in [0.2, 0.25) is 0 Å². The van der Waals surface area contributed by atoms with Crippen LogP contribution in [0.3, 0.4) is 0 Å². The Labute approximate surface area is 239 Å². The van der Waals surface area contributed by atoms with E-state index in [2.05, 4.69) is 15.9 Å². The van der Waals surface area contributed by atoms with E-state index < -0.39 is 44.9 Å². The second kappa shape index (κ2) is 8.87. The number of amides is 2. The third-order valence-electron chi connectivity index (χ3n) is 7.85. The summed E-state index contributed by atoms with van der Waals surface area (Å²) < 4.78 is 9.12. The number of halogens is 3. The predicted octanol–water partition coefficient (Wildman–Crippen LogP) is 2.86. The molecule has 3 heterocycles. The van der Waals surface area contributed by atoms with Crippen LogP contribution in [-0.4, -0.2) is 58.1 Å². The zero-order chi connectivity index (χ0) is 27.9. The van der Waals surface area contributed by atoms with Gasteiger partial charge in [0.2, 0.25) is 0 Å². The van der Waals surface area contributed by atoms with Crippen LogP contribution in [0.25, 0.3) is 5.69 Å². The van der Waals surface area contributed by atoms with Crippen molar-refractivity contribution < 1.29 is 19.4 Å². The van der Waals surface area contributed by atoms with Crippen LogP contribution in [0, 0.1) is 0 Å². The molecule has 1 aromatic heterocycles. The Kier molecular flexibility index (Phi) is 5.91. The van der Waals surface area contributed by atoms with Crippen molar-refractivity contribution in [1.29, 1.82) is 0 Å². The average molecular weight is 636 g/mol. The summed E-state index contributed by atoms with van der Waals surface area (Å²) >= 11 is 17.5. The Balaban J connectivity index is 1.65. The first-order valence-electron chi connectivity index (χ1n) is 12.0. The van der Waals surface area contributed by atoms with Crippen molar-refractivity contribution in [3.05, 3.63) is 86.7 Å². The quantitative estimate of drug-likeness (QED) is 0.204. The molecule has 4 unspecified atom stereocenters. The van der Waals surface area contributed by atoms with Crippen LogP contribution >= 0.6 is 39.1 Å². The number of phenols is 1. The molecule has 1 aliphatic carbocycles. The number of phenolic OH excluding ortho intramolecular Hbond substituents is 1. The number of aromatic hydroxyl groups is 1. The Morgan fingerprint density at radius 1 is 1.03 bits per heavy atom. The van der Waals surface area contributed by atoms with Gasteiger partial charge >= 0.3 is 11.4 Å². The maximum Gasteiger partial charge on any atom is 0.352 e. The lowest BCUT2D eigenvalue weighted by Crippen LogP contribution is -2.59. The largest absolute Gasteiger partial charge is 0.508 e. The fourth-order valence-corrected chi connectivity index (χ4v) is 7.52. The summed E-state index contributed by atoms with van der Waals surface area (Å²) in [6.45, 7) is -0.0152. The highest BCUT2D eigenvalue weighted by atomic mass is 79.9. The molecule has 0 bridgehead atoms. The molecule has 4 atom stereocenters. The smallest absolute Gasteiger partial charge is 0.352 e. The van der Waals surface area contributed by atoms with E-state index in [9.17, 15) is 24.3 Å². The first kappa shape index (κ1) is 26.0. The number of allylic oxidation sites excluding steroid dienone is 2. The molecule has 202 valence electrons. The van der Waals surface area contributed by atoms with Crippen molar-refractivity contribution in [3.8, 4) is 17.2 Å². The van der Waals surface area contributed by atoms with E-state index in [0.29, 0.717) is 11.3 Å². The van der Waals surface area contributed by atoms with Crippen LogP contribution < -0.4 is 16.1 Å². The van der Waals surface area contributed by atoms with Crippen LogP contribution in [-0.2, 0) is 16.1 Å². The van der Waals surface area contributed by atoms with E-state index in [1.165, 1.54) is 22.5 Å². The normalized spacial score (nSPS) is 27.6. The van der Waals surface area contributed by atoms with E-state index in [4.69, 9.17) is 27.9 Å². The van der Waals surface area contributed by atoms with Gasteiger partial charge in [-0.05, 0) is 29.8 Å². The summed E-state index contributed by atoms with van der Waals surface area (Å²) in [7, 11) is 1.40. The highest BCUT2D eigenvalue weighted by Crippen LogP contribution is 2.65. The van der Waals surface area contributed by atoms with E-state index >= 15 is 0 Å². The van der Waals surface area contributed by atoms with Gasteiger partial charge in [0.25, 0.3) is 11.8 Å². The molecule has 39 heavy (non-hydrogen) atoms. The van der Waals surface area contributed by atoms with Crippen LogP contribution in [0.5, 0.6) is 11.5 Å². The minimum absolute atomic E-state index is 0.0152. The summed E-state index contributed by atoms with van der Waals surface area (Å²) in [6, 6.07) is 12.1. The summed E-state index contributed by atoms with van der Waals surface area (Å²) in [5.41, 5.74) is -0.368. The van der Waals surface area contributed by atoms with Gasteiger partial charge in [0.05, 0.1) is 30.8 Å². The average Bonchev–Trinajstić information content (AvgIpc) is 3.27. The molecule has 2 aliphatic heterocycles. The monoisotopic (exact) mass is 634 g/mol. The van der Waals surface area contributed by atoms with Gasteiger partial charge in [-0.25, -0.2) is 23.5 Å². The van der Waals surface area contributed by atoms with Crippen LogP contribution in [0.4, 0.5) is 0 Å². The number of nitrogens with zero attached hydrogens (tertiary/aromatic N) is 4. The molecule has 10 nitrogen and oxygen atoms in total. The second-order valence-electron chi connectivity index (χ2n) is 9.58. The Morgan fingerprint density at radius 2 is 1.74 bits per heavy atom. The molecule has 2 fully saturated rings. The van der Waals surface area contributed by atoms with Crippen LogP contribution in [0.1, 0.15) is 23.9 Å². The van der Waals surface area contributed by atoms with E-state index in [1.54, 1.807) is 48.5 Å². The topological polar surface area (TPSA) is 116 Å². The lowest BCUT2D eigenvalue weighted by Gasteiger charge is -2.49. The van der Waals surface area contributed by atoms with E-state index in [-0.39, 0.29) is 35.5 Å². The number of imide groups is 1. The first-order valence-corrected chi connectivity index (χ1v) is 13.8. The molecular formula is C26H21BrCl2N4O6. The summed E-state index contributed by atoms with van der Waals surface area (Å²) in [5.74, 6) is -2.67. The number of fused-ring (bicyclic) bond motifs is 4. The number of hydrogen-bond donors (Lipinski definition) is 1. The number of benzene rings is 2. The molecule has 13 heteroatoms. The zero-order valence-corrected chi connectivity index (χ0v) is 23.5. The standard InChI is InChI=1S/C26H21BrCl2N4O6/c1-39-18-9-5-8-17(34)19(18)20-15-10-11-31-23(37)32(14-6-3-2-4-7-14)24(38)33(31)16(15)12-25(28)21(35)30(13-27)22(36)26(20,25)29/h2-10,16,20,34H,11-13H2,1H3. The number of ether oxygens (including phenoxy) is 1. The van der Waals surface area contributed by atoms with Gasteiger partial charge < -0.3 is 9.84 Å². The van der Waals surface area contributed by atoms with E-state index in [1.807, 2.05) is 0 Å². The van der Waals surface area contributed by atoms with Crippen molar-refractivity contribution in [2.75, 3.05) is 12.6 Å². The van der Waals surface area contributed by atoms with Gasteiger partial charge in [0.1, 0.15) is 11.5 Å². The molecule has 3 aliphatic rings. The SMILES string of the molecule is COc1cccc(O)c1C1C2=CCn3c(=O)n(-c4ccccc4)c(=O)n3C2CC2(Cl)C(=O)N(CBr)C(=O)C12Cl. The number of hydrogen-bond acceptors (Lipinski definition) is 6. The number of alkyl halides is 3. The minimum atomic E-state index is -2.07. The number of aromatic nitrogens is 3. The van der Waals surface area contributed by atoms with Gasteiger partial charge in [-0.1, -0.05) is 46.3 Å². The van der Waals surface area contributed by atoms with Gasteiger partial charge in [0, 0.05) is 17.9 Å². The predicted molar refractivity (Wildman–Crippen MR) is 146 cm³/mol. The molecule has 0 spiro atoms. The van der Waals surface area contributed by atoms with Gasteiger partial charge in [-0.15, -0.1) is 23.2 Å². The van der Waals surface area contributed by atoms with Crippen molar-refractivity contribution in [2.24, 2.45) is 0 Å². The molecular weight excluding hydrogens is 615 g/mol. The highest BCUT2D eigenvalue weighted by Gasteiger charge is 2.75. The molecule has 1 saturated heterocycles. The zero-order valence-electron chi connectivity index (χ0n) is 20.4. The van der Waals surface area contributed by atoms with Crippen molar-refractivity contribution >= 4 is 50.9 Å². The fourth-order valence-electron chi connectivity index (χ4n) is 6.13. The Morgan fingerprint density at radius 3 is 2.41 bits per heavy atom. The molecule has 2 aromatic carbocycles. The van der Waals surface area contributed by atoms with Crippen molar-refractivity contribution in [1.82, 2.24) is 18.8 Å². The second-order valence-corrected chi connectivity index (χ2v) is 11.3. The molecule has 0 radical (unpaired) electrons. The number of rotatable bonds is 4. The van der Waals surface area contributed by atoms with Gasteiger partial charge in [0.15, 0.2) is 9.75 Å². The first-order chi connectivity index (χ1) is 18.6. The number of carbonyl (C=O) groups is 2. The number of carbonyl (C=O) groups excluding carboxylic acids is 2. The molecule has 6 rings (SSSR count). The number of para-hydroxylation sites is 1. The van der Waals surface area contributed by atoms with Crippen molar-refractivity contribution in [3.63, 3.8) is 0 Å². The lowest BCUT2D eigenvalue weighted by molar-refractivity contribution is -0.138.